The van der Waals surface area contributed by atoms with E-state index in [0.29, 0.717) is 59.9 Å². The number of alkyl halides is 3. The van der Waals surface area contributed by atoms with Crippen molar-refractivity contribution >= 4 is 40.4 Å². The number of rotatable bonds is 7. The van der Waals surface area contributed by atoms with Gasteiger partial charge in [0.05, 0.1) is 19.6 Å². The molecule has 5 N–H and O–H groups in total. The van der Waals surface area contributed by atoms with Crippen molar-refractivity contribution in [3.63, 3.8) is 0 Å². The van der Waals surface area contributed by atoms with E-state index in [9.17, 15) is 13.2 Å². The second kappa shape index (κ2) is 10.5. The summed E-state index contributed by atoms with van der Waals surface area (Å²) in [6.07, 6.45) is -2.89. The predicted molar refractivity (Wildman–Crippen MR) is 138 cm³/mol. The summed E-state index contributed by atoms with van der Waals surface area (Å²) < 4.78 is 45.1. The average molecular weight is 513 g/mol. The number of para-hydroxylation sites is 1. The quantitative estimate of drug-likeness (QED) is 0.326. The van der Waals surface area contributed by atoms with Gasteiger partial charge >= 0.3 is 6.18 Å². The molecular weight excluding hydrogens is 485 g/mol. The molecule has 1 aliphatic rings. The lowest BCUT2D eigenvalue weighted by Crippen LogP contribution is -2.37. The first-order valence-electron chi connectivity index (χ1n) is 11.5. The summed E-state index contributed by atoms with van der Waals surface area (Å²) in [5.74, 6) is -0.0684. The topological polar surface area (TPSA) is 139 Å². The van der Waals surface area contributed by atoms with E-state index < -0.39 is 17.8 Å². The van der Waals surface area contributed by atoms with E-state index in [1.54, 1.807) is 30.3 Å². The third-order valence-corrected chi connectivity index (χ3v) is 6.14. The third-order valence-electron chi connectivity index (χ3n) is 6.14. The highest BCUT2D eigenvalue weighted by Gasteiger charge is 2.39. The number of methoxy groups -OCH3 is 1. The fraction of sp³-hybridized carbons (Fsp3) is 0.320. The number of benzene rings is 2. The highest BCUT2D eigenvalue weighted by Crippen LogP contribution is 2.31. The molecule has 9 nitrogen and oxygen atoms in total. The van der Waals surface area contributed by atoms with E-state index in [2.05, 4.69) is 24.9 Å². The van der Waals surface area contributed by atoms with Crippen LogP contribution in [0.5, 0.6) is 5.75 Å². The summed E-state index contributed by atoms with van der Waals surface area (Å²) in [4.78, 5) is 18.8. The van der Waals surface area contributed by atoms with Gasteiger partial charge in [-0.3, -0.25) is 15.3 Å². The largest absolute Gasteiger partial charge is 0.494 e. The summed E-state index contributed by atoms with van der Waals surface area (Å²) in [5, 5.41) is 8.27. The van der Waals surface area contributed by atoms with Crippen molar-refractivity contribution in [2.75, 3.05) is 33.0 Å². The number of nitrogen functional groups attached to an aromatic ring is 1. The van der Waals surface area contributed by atoms with Gasteiger partial charge in [-0.25, -0.2) is 9.98 Å². The molecule has 37 heavy (non-hydrogen) atoms. The van der Waals surface area contributed by atoms with Crippen LogP contribution in [0, 0.1) is 5.41 Å². The number of hydrogen-bond acceptors (Lipinski definition) is 8. The molecule has 1 unspecified atom stereocenters. The summed E-state index contributed by atoms with van der Waals surface area (Å²) >= 11 is 0. The molecule has 1 atom stereocenters. The van der Waals surface area contributed by atoms with E-state index in [4.69, 9.17) is 21.6 Å². The van der Waals surface area contributed by atoms with Crippen molar-refractivity contribution in [3.05, 3.63) is 53.1 Å². The summed E-state index contributed by atoms with van der Waals surface area (Å²) in [6.45, 7) is 1.48. The van der Waals surface area contributed by atoms with Gasteiger partial charge in [-0.05, 0) is 35.2 Å². The van der Waals surface area contributed by atoms with Gasteiger partial charge in [-0.2, -0.15) is 18.2 Å². The number of anilines is 1. The van der Waals surface area contributed by atoms with Crippen LogP contribution in [0.15, 0.2) is 46.4 Å². The van der Waals surface area contributed by atoms with Gasteiger partial charge in [-0.15, -0.1) is 0 Å². The van der Waals surface area contributed by atoms with Crippen LogP contribution in [-0.4, -0.2) is 66.1 Å². The first-order valence-corrected chi connectivity index (χ1v) is 11.5. The van der Waals surface area contributed by atoms with Crippen LogP contribution < -0.4 is 16.2 Å². The van der Waals surface area contributed by atoms with Crippen molar-refractivity contribution in [1.82, 2.24) is 14.9 Å². The van der Waals surface area contributed by atoms with E-state index in [1.807, 2.05) is 6.07 Å². The van der Waals surface area contributed by atoms with Crippen molar-refractivity contribution in [2.45, 2.75) is 25.1 Å². The predicted octanol–water partition coefficient (Wildman–Crippen LogP) is 3.63. The number of hydrogen-bond donors (Lipinski definition) is 3. The Labute approximate surface area is 211 Å². The van der Waals surface area contributed by atoms with Crippen LogP contribution in [0.3, 0.4) is 0 Å². The molecule has 2 aromatic carbocycles. The normalized spacial score (nSPS) is 15.6. The van der Waals surface area contributed by atoms with Gasteiger partial charge in [0.2, 0.25) is 5.95 Å². The van der Waals surface area contributed by atoms with E-state index in [1.165, 1.54) is 14.2 Å². The van der Waals surface area contributed by atoms with Crippen LogP contribution >= 0.6 is 0 Å². The van der Waals surface area contributed by atoms with Crippen LogP contribution in [-0.2, 0) is 13.0 Å². The third kappa shape index (κ3) is 5.69. The minimum Gasteiger partial charge on any atom is -0.494 e. The van der Waals surface area contributed by atoms with Gasteiger partial charge in [-0.1, -0.05) is 24.3 Å². The Kier molecular flexibility index (Phi) is 7.39. The molecule has 0 radical (unpaired) electrons. The Bertz CT molecular complexity index is 1390. The molecule has 0 spiro atoms. The molecule has 1 aromatic heterocycles. The first-order chi connectivity index (χ1) is 17.6. The van der Waals surface area contributed by atoms with E-state index >= 15 is 0 Å². The second-order valence-corrected chi connectivity index (χ2v) is 8.65. The zero-order valence-electron chi connectivity index (χ0n) is 20.4. The number of nitrogens with one attached hydrogen (secondary N) is 1. The first kappa shape index (κ1) is 26.0. The summed E-state index contributed by atoms with van der Waals surface area (Å²) in [6, 6.07) is 10.5. The molecule has 0 saturated carbocycles. The fourth-order valence-electron chi connectivity index (χ4n) is 4.39. The molecule has 2 heterocycles. The van der Waals surface area contributed by atoms with Gasteiger partial charge < -0.3 is 16.2 Å². The molecule has 0 bridgehead atoms. The Hall–Kier alpha value is -4.06. The average Bonchev–Trinajstić information content (AvgIpc) is 2.85. The fourth-order valence-corrected chi connectivity index (χ4v) is 4.39. The second-order valence-electron chi connectivity index (χ2n) is 8.65. The Balaban J connectivity index is 1.57. The highest BCUT2D eigenvalue weighted by molar-refractivity contribution is 6.05. The number of fused-ring (bicyclic) bond motifs is 2. The van der Waals surface area contributed by atoms with Crippen LogP contribution in [0.4, 0.5) is 24.9 Å². The van der Waals surface area contributed by atoms with Crippen LogP contribution in [0.1, 0.15) is 22.6 Å². The molecular formula is C25H27F3N8O. The number of halogens is 3. The van der Waals surface area contributed by atoms with Gasteiger partial charge in [0.15, 0.2) is 5.82 Å². The molecule has 12 heteroatoms. The molecule has 0 saturated heterocycles. The maximum absolute atomic E-state index is 13.3. The van der Waals surface area contributed by atoms with E-state index in [0.717, 1.165) is 17.3 Å². The van der Waals surface area contributed by atoms with Crippen molar-refractivity contribution < 1.29 is 17.9 Å². The zero-order valence-corrected chi connectivity index (χ0v) is 20.4. The molecule has 0 aliphatic carbocycles. The minimum absolute atomic E-state index is 0.0394. The number of nitrogens with zero attached hydrogens (tertiary/aromatic N) is 5. The van der Waals surface area contributed by atoms with Crippen molar-refractivity contribution in [3.8, 4) is 5.75 Å². The Morgan fingerprint density at radius 2 is 2.03 bits per heavy atom. The zero-order chi connectivity index (χ0) is 26.7. The minimum atomic E-state index is -4.74. The number of ether oxygens (including phenoxy) is 1. The molecule has 194 valence electrons. The standard InChI is InChI=1S/C25H27F3N8O/c1-32-11-18(22(30)25(26,27)28)15-7-6-14-8-9-36(12-16(14)10-15)13-20(29)33-23-17-4-3-5-19(37-2)21(17)34-24(31)35-23/h3-7,10-11,18,30H,8-9,12-13H2,1-2H3,(H4,29,31,33,34,35). The lowest BCUT2D eigenvalue weighted by Gasteiger charge is -2.29. The number of nitrogens with two attached hydrogens (primary N) is 2. The highest BCUT2D eigenvalue weighted by atomic mass is 19.4. The lowest BCUT2D eigenvalue weighted by molar-refractivity contribution is -0.0612. The Morgan fingerprint density at radius 1 is 1.24 bits per heavy atom. The monoisotopic (exact) mass is 512 g/mol. The van der Waals surface area contributed by atoms with Crippen molar-refractivity contribution in [2.24, 2.45) is 15.7 Å². The maximum Gasteiger partial charge on any atom is 0.429 e. The number of aliphatic imine (C=N–C) groups is 2. The molecule has 4 rings (SSSR count). The van der Waals surface area contributed by atoms with Crippen LogP contribution in [0.25, 0.3) is 10.9 Å². The van der Waals surface area contributed by atoms with Gasteiger partial charge in [0.25, 0.3) is 0 Å². The molecule has 1 aliphatic heterocycles. The maximum atomic E-state index is 13.3. The van der Waals surface area contributed by atoms with Crippen molar-refractivity contribution in [1.29, 1.82) is 5.41 Å². The summed E-state index contributed by atoms with van der Waals surface area (Å²) in [5.41, 5.74) is 13.6. The summed E-state index contributed by atoms with van der Waals surface area (Å²) in [7, 11) is 2.93. The van der Waals surface area contributed by atoms with Gasteiger partial charge in [0, 0.05) is 31.7 Å². The Morgan fingerprint density at radius 3 is 2.73 bits per heavy atom. The van der Waals surface area contributed by atoms with Gasteiger partial charge in [0.1, 0.15) is 22.8 Å². The molecule has 0 fully saturated rings. The smallest absolute Gasteiger partial charge is 0.429 e. The number of amidine groups is 1. The van der Waals surface area contributed by atoms with E-state index in [-0.39, 0.29) is 5.95 Å². The number of aromatic nitrogens is 2. The molecule has 3 aromatic rings. The molecule has 0 amide bonds. The van der Waals surface area contributed by atoms with Crippen LogP contribution in [0.2, 0.25) is 0 Å². The lowest BCUT2D eigenvalue weighted by atomic mass is 9.89. The SMILES string of the molecule is CN=CC(C(=N)C(F)(F)F)c1ccc2c(c1)CN(CC(N)=Nc1nc(N)nc3c(OC)cccc13)CC2.